The fraction of sp³-hybridized carbons (Fsp3) is 0.625. The van der Waals surface area contributed by atoms with Crippen LogP contribution in [0.4, 0.5) is 0 Å². The third-order valence-electron chi connectivity index (χ3n) is 3.98. The zero-order valence-electron chi connectivity index (χ0n) is 12.7. The number of rotatable bonds is 4. The Morgan fingerprint density at radius 3 is 1.81 bits per heavy atom. The summed E-state index contributed by atoms with van der Waals surface area (Å²) in [6.45, 7) is 2.48. The van der Waals surface area contributed by atoms with Crippen LogP contribution in [0.3, 0.4) is 0 Å². The first-order valence-electron chi connectivity index (χ1n) is 7.74. The summed E-state index contributed by atoms with van der Waals surface area (Å²) in [6.07, 6.45) is 5.96. The molecule has 0 radical (unpaired) electrons. The van der Waals surface area contributed by atoms with Crippen LogP contribution in [-0.2, 0) is 10.0 Å². The van der Waals surface area contributed by atoms with Crippen LogP contribution in [0.15, 0.2) is 36.4 Å². The van der Waals surface area contributed by atoms with Gasteiger partial charge in [-0.1, -0.05) is 36.4 Å². The molecule has 2 aliphatic rings. The standard InChI is InChI=1S/C10H20N2O2S.C6H6/c1-15(13,14)12-6-4-9(5-7-12)8-11-10-2-3-10;1-2-4-6-5-3-1/h9-11H,2-8H2,1H3;1-6H. The summed E-state index contributed by atoms with van der Waals surface area (Å²) >= 11 is 0. The Morgan fingerprint density at radius 1 is 0.952 bits per heavy atom. The molecular weight excluding hydrogens is 284 g/mol. The molecule has 1 aliphatic heterocycles. The second kappa shape index (κ2) is 7.92. The van der Waals surface area contributed by atoms with E-state index in [0.717, 1.165) is 25.4 Å². The minimum atomic E-state index is -2.96. The zero-order valence-corrected chi connectivity index (χ0v) is 13.6. The Morgan fingerprint density at radius 2 is 1.43 bits per heavy atom. The SMILES string of the molecule is CS(=O)(=O)N1CCC(CNC2CC2)CC1.c1ccccc1. The Balaban J connectivity index is 0.000000225. The average Bonchev–Trinajstić information content (AvgIpc) is 3.31. The number of sulfonamides is 1. The van der Waals surface area contributed by atoms with Gasteiger partial charge in [0.15, 0.2) is 0 Å². The van der Waals surface area contributed by atoms with Gasteiger partial charge in [0, 0.05) is 19.1 Å². The number of benzene rings is 1. The van der Waals surface area contributed by atoms with E-state index in [1.165, 1.54) is 19.1 Å². The van der Waals surface area contributed by atoms with Gasteiger partial charge < -0.3 is 5.32 Å². The highest BCUT2D eigenvalue weighted by molar-refractivity contribution is 7.88. The molecule has 0 amide bonds. The van der Waals surface area contributed by atoms with Crippen molar-refractivity contribution < 1.29 is 8.42 Å². The van der Waals surface area contributed by atoms with Crippen molar-refractivity contribution in [2.75, 3.05) is 25.9 Å². The molecule has 1 saturated carbocycles. The lowest BCUT2D eigenvalue weighted by molar-refractivity contribution is 0.268. The van der Waals surface area contributed by atoms with Crippen molar-refractivity contribution in [1.82, 2.24) is 9.62 Å². The molecule has 2 fully saturated rings. The predicted molar refractivity (Wildman–Crippen MR) is 86.6 cm³/mol. The lowest BCUT2D eigenvalue weighted by Crippen LogP contribution is -2.40. The molecule has 118 valence electrons. The molecule has 1 aliphatic carbocycles. The van der Waals surface area contributed by atoms with E-state index in [9.17, 15) is 8.42 Å². The van der Waals surface area contributed by atoms with E-state index in [1.54, 1.807) is 4.31 Å². The predicted octanol–water partition coefficient (Wildman–Crippen LogP) is 2.10. The van der Waals surface area contributed by atoms with Crippen molar-refractivity contribution >= 4 is 10.0 Å². The van der Waals surface area contributed by atoms with Gasteiger partial charge >= 0.3 is 0 Å². The quantitative estimate of drug-likeness (QED) is 0.926. The Kier molecular flexibility index (Phi) is 6.21. The molecule has 0 spiro atoms. The zero-order chi connectivity index (χ0) is 15.1. The smallest absolute Gasteiger partial charge is 0.211 e. The summed E-state index contributed by atoms with van der Waals surface area (Å²) in [6, 6.07) is 12.8. The van der Waals surface area contributed by atoms with Crippen LogP contribution in [0.2, 0.25) is 0 Å². The lowest BCUT2D eigenvalue weighted by atomic mass is 9.98. The molecule has 1 saturated heterocycles. The maximum atomic E-state index is 11.3. The number of hydrogen-bond acceptors (Lipinski definition) is 3. The molecule has 0 atom stereocenters. The van der Waals surface area contributed by atoms with Crippen LogP contribution < -0.4 is 5.32 Å². The average molecular weight is 310 g/mol. The number of nitrogens with one attached hydrogen (secondary N) is 1. The van der Waals surface area contributed by atoms with Crippen LogP contribution >= 0.6 is 0 Å². The highest BCUT2D eigenvalue weighted by Gasteiger charge is 2.26. The van der Waals surface area contributed by atoms with Crippen LogP contribution in [-0.4, -0.2) is 44.7 Å². The first-order valence-corrected chi connectivity index (χ1v) is 9.59. The Labute approximate surface area is 128 Å². The molecule has 0 bridgehead atoms. The summed E-state index contributed by atoms with van der Waals surface area (Å²) < 4.78 is 24.2. The normalized spacial score (nSPS) is 20.6. The van der Waals surface area contributed by atoms with Crippen molar-refractivity contribution in [3.63, 3.8) is 0 Å². The molecule has 1 heterocycles. The first kappa shape index (κ1) is 16.5. The topological polar surface area (TPSA) is 49.4 Å². The van der Waals surface area contributed by atoms with Gasteiger partial charge in [0.25, 0.3) is 0 Å². The van der Waals surface area contributed by atoms with E-state index in [-0.39, 0.29) is 0 Å². The fourth-order valence-corrected chi connectivity index (χ4v) is 3.32. The molecule has 1 aromatic carbocycles. The van der Waals surface area contributed by atoms with Gasteiger partial charge in [-0.05, 0) is 38.1 Å². The minimum absolute atomic E-state index is 0.670. The Hall–Kier alpha value is -0.910. The molecule has 4 nitrogen and oxygen atoms in total. The molecular formula is C16H26N2O2S. The van der Waals surface area contributed by atoms with E-state index in [2.05, 4.69) is 5.32 Å². The molecule has 1 N–H and O–H groups in total. The van der Waals surface area contributed by atoms with Crippen molar-refractivity contribution in [3.05, 3.63) is 36.4 Å². The van der Waals surface area contributed by atoms with Gasteiger partial charge in [-0.3, -0.25) is 0 Å². The van der Waals surface area contributed by atoms with E-state index in [1.807, 2.05) is 36.4 Å². The number of piperidine rings is 1. The highest BCUT2D eigenvalue weighted by Crippen LogP contribution is 2.22. The van der Waals surface area contributed by atoms with E-state index in [4.69, 9.17) is 0 Å². The Bertz CT molecular complexity index is 466. The monoisotopic (exact) mass is 310 g/mol. The first-order chi connectivity index (χ1) is 10.1. The van der Waals surface area contributed by atoms with Gasteiger partial charge in [-0.2, -0.15) is 0 Å². The largest absolute Gasteiger partial charge is 0.314 e. The molecule has 21 heavy (non-hydrogen) atoms. The molecule has 3 rings (SSSR count). The van der Waals surface area contributed by atoms with E-state index >= 15 is 0 Å². The van der Waals surface area contributed by atoms with E-state index < -0.39 is 10.0 Å². The molecule has 1 aromatic rings. The van der Waals surface area contributed by atoms with Crippen LogP contribution in [0.1, 0.15) is 25.7 Å². The minimum Gasteiger partial charge on any atom is -0.314 e. The van der Waals surface area contributed by atoms with E-state index in [0.29, 0.717) is 19.0 Å². The summed E-state index contributed by atoms with van der Waals surface area (Å²) in [5.74, 6) is 0.670. The van der Waals surface area contributed by atoms with Crippen LogP contribution in [0.25, 0.3) is 0 Å². The molecule has 0 unspecified atom stereocenters. The lowest BCUT2D eigenvalue weighted by Gasteiger charge is -2.30. The second-order valence-electron chi connectivity index (χ2n) is 5.94. The van der Waals surface area contributed by atoms with Gasteiger partial charge in [0.2, 0.25) is 10.0 Å². The summed E-state index contributed by atoms with van der Waals surface area (Å²) in [5.41, 5.74) is 0. The summed E-state index contributed by atoms with van der Waals surface area (Å²) in [4.78, 5) is 0. The van der Waals surface area contributed by atoms with Crippen molar-refractivity contribution in [3.8, 4) is 0 Å². The highest BCUT2D eigenvalue weighted by atomic mass is 32.2. The van der Waals surface area contributed by atoms with Gasteiger partial charge in [-0.25, -0.2) is 12.7 Å². The van der Waals surface area contributed by atoms with Gasteiger partial charge in [0.1, 0.15) is 0 Å². The molecule has 5 heteroatoms. The van der Waals surface area contributed by atoms with Crippen LogP contribution in [0.5, 0.6) is 0 Å². The third kappa shape index (κ3) is 6.59. The number of hydrogen-bond donors (Lipinski definition) is 1. The third-order valence-corrected chi connectivity index (χ3v) is 5.28. The molecule has 0 aromatic heterocycles. The van der Waals surface area contributed by atoms with Crippen molar-refractivity contribution in [1.29, 1.82) is 0 Å². The second-order valence-corrected chi connectivity index (χ2v) is 7.93. The summed E-state index contributed by atoms with van der Waals surface area (Å²) in [5, 5.41) is 3.51. The van der Waals surface area contributed by atoms with Gasteiger partial charge in [-0.15, -0.1) is 0 Å². The summed E-state index contributed by atoms with van der Waals surface area (Å²) in [7, 11) is -2.96. The maximum absolute atomic E-state index is 11.3. The van der Waals surface area contributed by atoms with Crippen LogP contribution in [0, 0.1) is 5.92 Å². The fourth-order valence-electron chi connectivity index (χ4n) is 2.45. The van der Waals surface area contributed by atoms with Gasteiger partial charge in [0.05, 0.1) is 6.26 Å². The number of nitrogens with zero attached hydrogens (tertiary/aromatic N) is 1. The van der Waals surface area contributed by atoms with Crippen molar-refractivity contribution in [2.24, 2.45) is 5.92 Å². The van der Waals surface area contributed by atoms with Crippen molar-refractivity contribution in [2.45, 2.75) is 31.7 Å². The maximum Gasteiger partial charge on any atom is 0.211 e.